The summed E-state index contributed by atoms with van der Waals surface area (Å²) >= 11 is 0. The van der Waals surface area contributed by atoms with Gasteiger partial charge in [0.1, 0.15) is 11.6 Å². The minimum Gasteiger partial charge on any atom is -0.349 e. The van der Waals surface area contributed by atoms with Gasteiger partial charge in [-0.2, -0.15) is 0 Å². The van der Waals surface area contributed by atoms with Gasteiger partial charge in [0.05, 0.1) is 0 Å². The topological polar surface area (TPSA) is 46.5 Å². The van der Waals surface area contributed by atoms with Crippen molar-refractivity contribution >= 4 is 0 Å². The first-order valence-corrected chi connectivity index (χ1v) is 6.58. The maximum absolute atomic E-state index is 4.54. The summed E-state index contributed by atoms with van der Waals surface area (Å²) in [6.07, 6.45) is 16.7. The number of aromatic amines is 1. The second kappa shape index (κ2) is 5.21. The Morgan fingerprint density at radius 1 is 1.28 bits per heavy atom. The summed E-state index contributed by atoms with van der Waals surface area (Å²) < 4.78 is 2.27. The van der Waals surface area contributed by atoms with Gasteiger partial charge in [-0.1, -0.05) is 12.2 Å². The number of hydrogen-bond acceptors (Lipinski definition) is 2. The summed E-state index contributed by atoms with van der Waals surface area (Å²) in [7, 11) is 0. The second-order valence-corrected chi connectivity index (χ2v) is 4.75. The van der Waals surface area contributed by atoms with Crippen molar-refractivity contribution in [1.82, 2.24) is 19.5 Å². The SMILES string of the molecule is C1=CCC(c2nccn2CCc2ncc[nH]2)CC1. The Hall–Kier alpha value is -1.84. The average Bonchev–Trinajstić information content (AvgIpc) is 3.09. The Bertz CT molecular complexity index is 510. The Kier molecular flexibility index (Phi) is 3.26. The Morgan fingerprint density at radius 3 is 3.06 bits per heavy atom. The standard InChI is InChI=1S/C14H18N4/c1-2-4-12(5-3-1)14-17-9-11-18(14)10-6-13-15-7-8-16-13/h1-2,7-9,11-12H,3-6,10H2,(H,15,16). The van der Waals surface area contributed by atoms with Crippen molar-refractivity contribution in [3.8, 4) is 0 Å². The zero-order valence-corrected chi connectivity index (χ0v) is 10.4. The van der Waals surface area contributed by atoms with Crippen LogP contribution >= 0.6 is 0 Å². The van der Waals surface area contributed by atoms with Crippen LogP contribution in [0.2, 0.25) is 0 Å². The van der Waals surface area contributed by atoms with E-state index >= 15 is 0 Å². The average molecular weight is 242 g/mol. The van der Waals surface area contributed by atoms with Crippen molar-refractivity contribution in [3.63, 3.8) is 0 Å². The molecule has 2 aromatic rings. The van der Waals surface area contributed by atoms with E-state index in [1.54, 1.807) is 6.20 Å². The molecule has 18 heavy (non-hydrogen) atoms. The number of H-pyrrole nitrogens is 1. The summed E-state index contributed by atoms with van der Waals surface area (Å²) in [6.45, 7) is 0.947. The van der Waals surface area contributed by atoms with Gasteiger partial charge in [-0.3, -0.25) is 0 Å². The van der Waals surface area contributed by atoms with Crippen molar-refractivity contribution in [2.75, 3.05) is 0 Å². The number of aromatic nitrogens is 4. The first kappa shape index (κ1) is 11.3. The molecule has 0 fully saturated rings. The highest BCUT2D eigenvalue weighted by Crippen LogP contribution is 2.27. The third-order valence-electron chi connectivity index (χ3n) is 3.53. The molecule has 94 valence electrons. The number of hydrogen-bond donors (Lipinski definition) is 1. The molecule has 2 heterocycles. The van der Waals surface area contributed by atoms with Gasteiger partial charge >= 0.3 is 0 Å². The van der Waals surface area contributed by atoms with Crippen molar-refractivity contribution in [1.29, 1.82) is 0 Å². The van der Waals surface area contributed by atoms with Crippen LogP contribution in [0.15, 0.2) is 36.9 Å². The maximum atomic E-state index is 4.54. The highest BCUT2D eigenvalue weighted by molar-refractivity contribution is 5.07. The van der Waals surface area contributed by atoms with Crippen LogP contribution in [0.1, 0.15) is 36.8 Å². The van der Waals surface area contributed by atoms with Crippen LogP contribution < -0.4 is 0 Å². The molecule has 4 heteroatoms. The van der Waals surface area contributed by atoms with E-state index in [0.717, 1.165) is 25.2 Å². The molecule has 0 radical (unpaired) electrons. The molecular formula is C14H18N4. The van der Waals surface area contributed by atoms with Crippen molar-refractivity contribution in [3.05, 3.63) is 48.6 Å². The van der Waals surface area contributed by atoms with E-state index in [4.69, 9.17) is 0 Å². The summed E-state index contributed by atoms with van der Waals surface area (Å²) in [5.74, 6) is 2.85. The fraction of sp³-hybridized carbons (Fsp3) is 0.429. The van der Waals surface area contributed by atoms with Crippen LogP contribution in [0.4, 0.5) is 0 Å². The zero-order chi connectivity index (χ0) is 12.2. The molecule has 1 aliphatic rings. The molecular weight excluding hydrogens is 224 g/mol. The van der Waals surface area contributed by atoms with E-state index in [1.165, 1.54) is 18.7 Å². The van der Waals surface area contributed by atoms with Crippen LogP contribution in [0.5, 0.6) is 0 Å². The van der Waals surface area contributed by atoms with Gasteiger partial charge in [0.15, 0.2) is 0 Å². The normalized spacial score (nSPS) is 19.2. The van der Waals surface area contributed by atoms with Crippen molar-refractivity contribution in [2.24, 2.45) is 0 Å². The van der Waals surface area contributed by atoms with E-state index < -0.39 is 0 Å². The highest BCUT2D eigenvalue weighted by atomic mass is 15.1. The number of rotatable bonds is 4. The summed E-state index contributed by atoms with van der Waals surface area (Å²) in [6, 6.07) is 0. The van der Waals surface area contributed by atoms with E-state index in [0.29, 0.717) is 5.92 Å². The molecule has 0 aliphatic heterocycles. The number of aryl methyl sites for hydroxylation is 2. The molecule has 1 atom stereocenters. The minimum absolute atomic E-state index is 0.585. The molecule has 1 aliphatic carbocycles. The maximum Gasteiger partial charge on any atom is 0.112 e. The van der Waals surface area contributed by atoms with Gasteiger partial charge < -0.3 is 9.55 Å². The summed E-state index contributed by atoms with van der Waals surface area (Å²) in [5.41, 5.74) is 0. The third kappa shape index (κ3) is 2.37. The molecule has 4 nitrogen and oxygen atoms in total. The predicted octanol–water partition coefficient (Wildman–Crippen LogP) is 2.67. The Morgan fingerprint density at radius 2 is 2.28 bits per heavy atom. The molecule has 3 rings (SSSR count). The first-order valence-electron chi connectivity index (χ1n) is 6.58. The third-order valence-corrected chi connectivity index (χ3v) is 3.53. The van der Waals surface area contributed by atoms with Crippen LogP contribution in [-0.2, 0) is 13.0 Å². The van der Waals surface area contributed by atoms with Gasteiger partial charge in [0, 0.05) is 43.7 Å². The molecule has 0 amide bonds. The van der Waals surface area contributed by atoms with Gasteiger partial charge in [-0.15, -0.1) is 0 Å². The minimum atomic E-state index is 0.585. The molecule has 0 aromatic carbocycles. The monoisotopic (exact) mass is 242 g/mol. The van der Waals surface area contributed by atoms with E-state index in [-0.39, 0.29) is 0 Å². The van der Waals surface area contributed by atoms with E-state index in [1.807, 2.05) is 12.4 Å². The van der Waals surface area contributed by atoms with Crippen molar-refractivity contribution < 1.29 is 0 Å². The van der Waals surface area contributed by atoms with E-state index in [9.17, 15) is 0 Å². The zero-order valence-electron chi connectivity index (χ0n) is 10.4. The smallest absolute Gasteiger partial charge is 0.112 e. The molecule has 1 N–H and O–H groups in total. The lowest BCUT2D eigenvalue weighted by atomic mass is 9.93. The second-order valence-electron chi connectivity index (χ2n) is 4.75. The fourth-order valence-corrected chi connectivity index (χ4v) is 2.56. The van der Waals surface area contributed by atoms with Gasteiger partial charge in [-0.05, 0) is 19.3 Å². The first-order chi connectivity index (χ1) is 8.93. The lowest BCUT2D eigenvalue weighted by Gasteiger charge is -2.18. The quantitative estimate of drug-likeness (QED) is 0.838. The molecule has 0 saturated carbocycles. The van der Waals surface area contributed by atoms with Crippen molar-refractivity contribution in [2.45, 2.75) is 38.1 Å². The number of allylic oxidation sites excluding steroid dienone is 2. The fourth-order valence-electron chi connectivity index (χ4n) is 2.56. The summed E-state index contributed by atoms with van der Waals surface area (Å²) in [4.78, 5) is 11.9. The predicted molar refractivity (Wildman–Crippen MR) is 70.3 cm³/mol. The van der Waals surface area contributed by atoms with Crippen LogP contribution in [0, 0.1) is 0 Å². The molecule has 0 saturated heterocycles. The number of imidazole rings is 2. The van der Waals surface area contributed by atoms with Gasteiger partial charge in [0.2, 0.25) is 0 Å². The number of nitrogens with zero attached hydrogens (tertiary/aromatic N) is 3. The largest absolute Gasteiger partial charge is 0.349 e. The molecule has 1 unspecified atom stereocenters. The Balaban J connectivity index is 1.69. The molecule has 2 aromatic heterocycles. The van der Waals surface area contributed by atoms with Crippen LogP contribution in [0.25, 0.3) is 0 Å². The Labute approximate surface area is 107 Å². The van der Waals surface area contributed by atoms with Gasteiger partial charge in [-0.25, -0.2) is 9.97 Å². The summed E-state index contributed by atoms with van der Waals surface area (Å²) in [5, 5.41) is 0. The van der Waals surface area contributed by atoms with Gasteiger partial charge in [0.25, 0.3) is 0 Å². The molecule has 0 spiro atoms. The lowest BCUT2D eigenvalue weighted by Crippen LogP contribution is -2.11. The van der Waals surface area contributed by atoms with Crippen LogP contribution in [-0.4, -0.2) is 19.5 Å². The molecule has 0 bridgehead atoms. The highest BCUT2D eigenvalue weighted by Gasteiger charge is 2.17. The lowest BCUT2D eigenvalue weighted by molar-refractivity contribution is 0.532. The number of nitrogens with one attached hydrogen (secondary N) is 1. The van der Waals surface area contributed by atoms with Crippen LogP contribution in [0.3, 0.4) is 0 Å². The van der Waals surface area contributed by atoms with E-state index in [2.05, 4.69) is 37.9 Å².